The van der Waals surface area contributed by atoms with Crippen molar-refractivity contribution >= 4 is 16.9 Å². The van der Waals surface area contributed by atoms with Crippen molar-refractivity contribution in [3.05, 3.63) is 108 Å². The summed E-state index contributed by atoms with van der Waals surface area (Å²) in [6, 6.07) is 25.6. The van der Waals surface area contributed by atoms with Crippen molar-refractivity contribution < 1.29 is 4.79 Å². The highest BCUT2D eigenvalue weighted by Gasteiger charge is 2.13. The molecule has 0 spiro atoms. The van der Waals surface area contributed by atoms with E-state index in [2.05, 4.69) is 20.0 Å². The molecule has 3 aromatic carbocycles. The van der Waals surface area contributed by atoms with Crippen LogP contribution in [0.25, 0.3) is 22.4 Å². The Hall–Kier alpha value is -4.19. The lowest BCUT2D eigenvalue weighted by molar-refractivity contribution is 0.0951. The van der Waals surface area contributed by atoms with Gasteiger partial charge < -0.3 is 5.32 Å². The number of benzene rings is 3. The molecule has 1 N–H and O–H groups in total. The topological polar surface area (TPSA) is 64.7 Å². The molecule has 0 aliphatic heterocycles. The van der Waals surface area contributed by atoms with E-state index in [0.717, 1.165) is 33.8 Å². The summed E-state index contributed by atoms with van der Waals surface area (Å²) in [5, 5.41) is 7.34. The molecule has 5 rings (SSSR count). The zero-order chi connectivity index (χ0) is 21.2. The van der Waals surface area contributed by atoms with E-state index in [9.17, 15) is 4.79 Å². The molecular weight excluding hydrogens is 386 g/mol. The van der Waals surface area contributed by atoms with Crippen LogP contribution in [0, 0.1) is 6.92 Å². The highest BCUT2D eigenvalue weighted by molar-refractivity contribution is 5.97. The molecular formula is C25H21N5O. The van der Waals surface area contributed by atoms with Crippen LogP contribution in [0.4, 0.5) is 0 Å². The number of aryl methyl sites for hydroxylation is 1. The molecule has 0 aliphatic rings. The third-order valence-electron chi connectivity index (χ3n) is 5.21. The third kappa shape index (κ3) is 3.71. The van der Waals surface area contributed by atoms with Crippen molar-refractivity contribution in [3.8, 4) is 11.4 Å². The van der Waals surface area contributed by atoms with Gasteiger partial charge >= 0.3 is 0 Å². The molecule has 0 unspecified atom stereocenters. The first-order valence-corrected chi connectivity index (χ1v) is 10.1. The number of amides is 1. The highest BCUT2D eigenvalue weighted by Crippen LogP contribution is 2.22. The van der Waals surface area contributed by atoms with E-state index in [1.165, 1.54) is 0 Å². The van der Waals surface area contributed by atoms with Crippen molar-refractivity contribution in [1.82, 2.24) is 24.6 Å². The standard InChI is InChI=1S/C25H21N5O/c1-18-28-23-14-20(12-13-24(23)30(18)22-10-6-3-7-11-22)25(31)26-15-19-16-27-29(17-19)21-8-4-2-5-9-21/h2-14,16-17H,15H2,1H3,(H,26,31). The van der Waals surface area contributed by atoms with Gasteiger partial charge in [0.2, 0.25) is 0 Å². The molecule has 2 aromatic heterocycles. The van der Waals surface area contributed by atoms with Gasteiger partial charge in [-0.25, -0.2) is 9.67 Å². The number of carbonyl (C=O) groups is 1. The number of imidazole rings is 1. The van der Waals surface area contributed by atoms with Crippen LogP contribution >= 0.6 is 0 Å². The summed E-state index contributed by atoms with van der Waals surface area (Å²) >= 11 is 0. The minimum absolute atomic E-state index is 0.138. The largest absolute Gasteiger partial charge is 0.348 e. The van der Waals surface area contributed by atoms with Crippen molar-refractivity contribution in [1.29, 1.82) is 0 Å². The summed E-state index contributed by atoms with van der Waals surface area (Å²) in [6.07, 6.45) is 3.69. The first-order valence-electron chi connectivity index (χ1n) is 10.1. The van der Waals surface area contributed by atoms with Gasteiger partial charge in [-0.1, -0.05) is 36.4 Å². The monoisotopic (exact) mass is 407 g/mol. The van der Waals surface area contributed by atoms with Gasteiger partial charge in [-0.15, -0.1) is 0 Å². The Kier molecular flexibility index (Phi) is 4.80. The number of para-hydroxylation sites is 2. The van der Waals surface area contributed by atoms with Gasteiger partial charge in [-0.3, -0.25) is 9.36 Å². The fraction of sp³-hybridized carbons (Fsp3) is 0.0800. The van der Waals surface area contributed by atoms with E-state index in [-0.39, 0.29) is 5.91 Å². The Bertz CT molecular complexity index is 1350. The van der Waals surface area contributed by atoms with E-state index in [1.54, 1.807) is 10.9 Å². The number of aromatic nitrogens is 4. The summed E-state index contributed by atoms with van der Waals surface area (Å²) in [5.74, 6) is 0.744. The summed E-state index contributed by atoms with van der Waals surface area (Å²) in [7, 11) is 0. The summed E-state index contributed by atoms with van der Waals surface area (Å²) in [6.45, 7) is 2.37. The van der Waals surface area contributed by atoms with Crippen LogP contribution < -0.4 is 5.32 Å². The SMILES string of the molecule is Cc1nc2cc(C(=O)NCc3cnn(-c4ccccc4)c3)ccc2n1-c1ccccc1. The van der Waals surface area contributed by atoms with E-state index in [4.69, 9.17) is 0 Å². The van der Waals surface area contributed by atoms with Gasteiger partial charge in [0.1, 0.15) is 5.82 Å². The molecule has 5 aromatic rings. The van der Waals surface area contributed by atoms with Gasteiger partial charge in [-0.05, 0) is 49.4 Å². The number of nitrogens with one attached hydrogen (secondary N) is 1. The lowest BCUT2D eigenvalue weighted by atomic mass is 10.2. The Morgan fingerprint density at radius 2 is 1.65 bits per heavy atom. The molecule has 6 nitrogen and oxygen atoms in total. The Morgan fingerprint density at radius 3 is 2.39 bits per heavy atom. The second-order valence-corrected chi connectivity index (χ2v) is 7.34. The number of rotatable bonds is 5. The van der Waals surface area contributed by atoms with Crippen molar-refractivity contribution in [2.45, 2.75) is 13.5 Å². The zero-order valence-electron chi connectivity index (χ0n) is 17.1. The minimum atomic E-state index is -0.138. The minimum Gasteiger partial charge on any atom is -0.348 e. The number of carbonyl (C=O) groups excluding carboxylic acids is 1. The second-order valence-electron chi connectivity index (χ2n) is 7.34. The quantitative estimate of drug-likeness (QED) is 0.468. The Morgan fingerprint density at radius 1 is 0.935 bits per heavy atom. The van der Waals surface area contributed by atoms with Gasteiger partial charge in [0.25, 0.3) is 5.91 Å². The first-order chi connectivity index (χ1) is 15.2. The molecule has 0 fully saturated rings. The Balaban J connectivity index is 1.33. The summed E-state index contributed by atoms with van der Waals surface area (Å²) in [5.41, 5.74) is 5.32. The van der Waals surface area contributed by atoms with Crippen LogP contribution in [0.2, 0.25) is 0 Å². The van der Waals surface area contributed by atoms with Crippen molar-refractivity contribution in [2.24, 2.45) is 0 Å². The molecule has 0 radical (unpaired) electrons. The fourth-order valence-electron chi connectivity index (χ4n) is 3.70. The van der Waals surface area contributed by atoms with Crippen molar-refractivity contribution in [3.63, 3.8) is 0 Å². The smallest absolute Gasteiger partial charge is 0.251 e. The lowest BCUT2D eigenvalue weighted by Gasteiger charge is -2.07. The van der Waals surface area contributed by atoms with E-state index >= 15 is 0 Å². The maximum atomic E-state index is 12.7. The molecule has 0 aliphatic carbocycles. The number of fused-ring (bicyclic) bond motifs is 1. The molecule has 0 bridgehead atoms. The van der Waals surface area contributed by atoms with Crippen LogP contribution in [-0.4, -0.2) is 25.2 Å². The predicted octanol–water partition coefficient (Wildman–Crippen LogP) is 4.45. The molecule has 0 atom stereocenters. The van der Waals surface area contributed by atoms with Crippen LogP contribution in [0.5, 0.6) is 0 Å². The molecule has 0 saturated heterocycles. The Labute approximate surface area is 179 Å². The highest BCUT2D eigenvalue weighted by atomic mass is 16.1. The molecule has 2 heterocycles. The van der Waals surface area contributed by atoms with Gasteiger partial charge in [0, 0.05) is 29.6 Å². The number of hydrogen-bond acceptors (Lipinski definition) is 3. The second kappa shape index (κ2) is 7.91. The first kappa shape index (κ1) is 18.8. The van der Waals surface area contributed by atoms with Gasteiger partial charge in [0.15, 0.2) is 0 Å². The fourth-order valence-corrected chi connectivity index (χ4v) is 3.70. The maximum Gasteiger partial charge on any atom is 0.251 e. The zero-order valence-corrected chi connectivity index (χ0v) is 17.1. The van der Waals surface area contributed by atoms with Gasteiger partial charge in [-0.2, -0.15) is 5.10 Å². The normalized spacial score (nSPS) is 11.0. The lowest BCUT2D eigenvalue weighted by Crippen LogP contribution is -2.22. The van der Waals surface area contributed by atoms with Gasteiger partial charge in [0.05, 0.1) is 22.9 Å². The van der Waals surface area contributed by atoms with Crippen LogP contribution in [0.15, 0.2) is 91.3 Å². The summed E-state index contributed by atoms with van der Waals surface area (Å²) < 4.78 is 3.89. The summed E-state index contributed by atoms with van der Waals surface area (Å²) in [4.78, 5) is 17.4. The van der Waals surface area contributed by atoms with Crippen molar-refractivity contribution in [2.75, 3.05) is 0 Å². The average Bonchev–Trinajstić information content (AvgIpc) is 3.42. The number of hydrogen-bond donors (Lipinski definition) is 1. The average molecular weight is 407 g/mol. The van der Waals surface area contributed by atoms with E-state index in [0.29, 0.717) is 12.1 Å². The van der Waals surface area contributed by atoms with Crippen LogP contribution in [0.3, 0.4) is 0 Å². The number of nitrogens with zero attached hydrogens (tertiary/aromatic N) is 4. The molecule has 1 amide bonds. The maximum absolute atomic E-state index is 12.7. The van der Waals surface area contributed by atoms with Crippen LogP contribution in [-0.2, 0) is 6.54 Å². The van der Waals surface area contributed by atoms with Crippen LogP contribution in [0.1, 0.15) is 21.7 Å². The third-order valence-corrected chi connectivity index (χ3v) is 5.21. The predicted molar refractivity (Wildman–Crippen MR) is 121 cm³/mol. The van der Waals surface area contributed by atoms with E-state index in [1.807, 2.05) is 92.0 Å². The molecule has 31 heavy (non-hydrogen) atoms. The molecule has 152 valence electrons. The van der Waals surface area contributed by atoms with E-state index < -0.39 is 0 Å². The molecule has 6 heteroatoms. The molecule has 0 saturated carbocycles.